The van der Waals surface area contributed by atoms with Gasteiger partial charge in [-0.25, -0.2) is 0 Å². The van der Waals surface area contributed by atoms with E-state index >= 15 is 0 Å². The summed E-state index contributed by atoms with van der Waals surface area (Å²) < 4.78 is 5.69. The Bertz CT molecular complexity index is 491. The Hall–Kier alpha value is -1.46. The molecule has 1 aromatic rings. The number of carbonyl (C=O) groups is 1. The normalized spacial score (nSPS) is 22.4. The van der Waals surface area contributed by atoms with E-state index in [1.165, 1.54) is 0 Å². The summed E-state index contributed by atoms with van der Waals surface area (Å²) in [4.78, 5) is 13.3. The van der Waals surface area contributed by atoms with E-state index in [0.29, 0.717) is 10.7 Å². The lowest BCUT2D eigenvalue weighted by molar-refractivity contribution is -0.0473. The maximum Gasteiger partial charge on any atom is 0.173 e. The van der Waals surface area contributed by atoms with Crippen LogP contribution in [0.4, 0.5) is 5.69 Å². The third kappa shape index (κ3) is 3.77. The molecule has 1 aliphatic rings. The molecule has 0 bridgehead atoms. The van der Waals surface area contributed by atoms with Crippen LogP contribution in [0.25, 0.3) is 0 Å². The smallest absolute Gasteiger partial charge is 0.173 e. The molecule has 2 rings (SSSR count). The van der Waals surface area contributed by atoms with Gasteiger partial charge in [-0.3, -0.25) is 4.79 Å². The van der Waals surface area contributed by atoms with Crippen LogP contribution < -0.4 is 5.32 Å². The highest BCUT2D eigenvalue weighted by Gasteiger charge is 2.23. The number of hydrogen-bond acceptors (Lipinski definition) is 3. The molecule has 0 amide bonds. The standard InChI is InChI=1S/C15H20N2O2S/c1-10-8-17(9-11(2)19-10)15(20)16-14-6-4-13(5-7-14)12(3)18/h4-7,10-11H,8-9H2,1-3H3,(H,16,20)/t10-,11-/m0/s1. The molecule has 0 unspecified atom stereocenters. The van der Waals surface area contributed by atoms with E-state index in [2.05, 4.69) is 10.2 Å². The van der Waals surface area contributed by atoms with Gasteiger partial charge < -0.3 is 15.0 Å². The third-order valence-corrected chi connectivity index (χ3v) is 3.61. The first-order valence-corrected chi connectivity index (χ1v) is 7.19. The molecule has 20 heavy (non-hydrogen) atoms. The van der Waals surface area contributed by atoms with E-state index in [-0.39, 0.29) is 18.0 Å². The zero-order valence-corrected chi connectivity index (χ0v) is 12.9. The topological polar surface area (TPSA) is 41.6 Å². The Kier molecular flexibility index (Phi) is 4.73. The van der Waals surface area contributed by atoms with Gasteiger partial charge in [-0.15, -0.1) is 0 Å². The third-order valence-electron chi connectivity index (χ3n) is 3.25. The van der Waals surface area contributed by atoms with Crippen molar-refractivity contribution in [3.05, 3.63) is 29.8 Å². The molecular formula is C15H20N2O2S. The molecule has 1 fully saturated rings. The van der Waals surface area contributed by atoms with Crippen molar-refractivity contribution in [1.82, 2.24) is 4.90 Å². The largest absolute Gasteiger partial charge is 0.372 e. The van der Waals surface area contributed by atoms with Crippen molar-refractivity contribution in [3.8, 4) is 0 Å². The highest BCUT2D eigenvalue weighted by atomic mass is 32.1. The number of rotatable bonds is 2. The molecule has 108 valence electrons. The Balaban J connectivity index is 1.98. The predicted octanol–water partition coefficient (Wildman–Crippen LogP) is 2.70. The van der Waals surface area contributed by atoms with E-state index in [9.17, 15) is 4.79 Å². The summed E-state index contributed by atoms with van der Waals surface area (Å²) in [6, 6.07) is 7.35. The molecule has 1 aliphatic heterocycles. The molecule has 1 heterocycles. The van der Waals surface area contributed by atoms with E-state index in [4.69, 9.17) is 17.0 Å². The highest BCUT2D eigenvalue weighted by molar-refractivity contribution is 7.80. The minimum atomic E-state index is 0.0648. The molecule has 5 heteroatoms. The fourth-order valence-corrected chi connectivity index (χ4v) is 2.60. The fourth-order valence-electron chi connectivity index (χ4n) is 2.33. The number of morpholine rings is 1. The van der Waals surface area contributed by atoms with Gasteiger partial charge in [-0.1, -0.05) is 0 Å². The van der Waals surface area contributed by atoms with Gasteiger partial charge in [-0.2, -0.15) is 0 Å². The average Bonchev–Trinajstić information content (AvgIpc) is 2.38. The summed E-state index contributed by atoms with van der Waals surface area (Å²) in [6.45, 7) is 7.24. The van der Waals surface area contributed by atoms with Crippen LogP contribution in [-0.4, -0.2) is 41.1 Å². The number of benzene rings is 1. The van der Waals surface area contributed by atoms with Crippen molar-refractivity contribution in [2.45, 2.75) is 33.0 Å². The summed E-state index contributed by atoms with van der Waals surface area (Å²) in [5.74, 6) is 0.0648. The minimum absolute atomic E-state index is 0.0648. The van der Waals surface area contributed by atoms with Crippen molar-refractivity contribution in [2.24, 2.45) is 0 Å². The molecule has 0 aromatic heterocycles. The molecule has 0 spiro atoms. The van der Waals surface area contributed by atoms with Crippen molar-refractivity contribution in [1.29, 1.82) is 0 Å². The molecule has 0 aliphatic carbocycles. The molecule has 2 atom stereocenters. The van der Waals surface area contributed by atoms with Gasteiger partial charge in [-0.05, 0) is 57.3 Å². The zero-order valence-electron chi connectivity index (χ0n) is 12.1. The van der Waals surface area contributed by atoms with Crippen LogP contribution in [0, 0.1) is 0 Å². The maximum atomic E-state index is 11.2. The van der Waals surface area contributed by atoms with Gasteiger partial charge in [0.25, 0.3) is 0 Å². The second-order valence-electron chi connectivity index (χ2n) is 5.23. The summed E-state index contributed by atoms with van der Waals surface area (Å²) in [5, 5.41) is 3.91. The van der Waals surface area contributed by atoms with Crippen molar-refractivity contribution < 1.29 is 9.53 Å². The highest BCUT2D eigenvalue weighted by Crippen LogP contribution is 2.14. The van der Waals surface area contributed by atoms with Gasteiger partial charge in [0, 0.05) is 24.3 Å². The van der Waals surface area contributed by atoms with Gasteiger partial charge >= 0.3 is 0 Å². The Morgan fingerprint density at radius 3 is 2.30 bits per heavy atom. The Morgan fingerprint density at radius 2 is 1.80 bits per heavy atom. The summed E-state index contributed by atoms with van der Waals surface area (Å²) in [5.41, 5.74) is 1.60. The fraction of sp³-hybridized carbons (Fsp3) is 0.467. The van der Waals surface area contributed by atoms with Crippen molar-refractivity contribution in [2.75, 3.05) is 18.4 Å². The Labute approximate surface area is 125 Å². The number of nitrogens with zero attached hydrogens (tertiary/aromatic N) is 1. The minimum Gasteiger partial charge on any atom is -0.372 e. The molecule has 1 N–H and O–H groups in total. The number of thiocarbonyl (C=S) groups is 1. The van der Waals surface area contributed by atoms with Crippen molar-refractivity contribution >= 4 is 28.8 Å². The first-order valence-electron chi connectivity index (χ1n) is 6.78. The van der Waals surface area contributed by atoms with Crippen LogP contribution in [0.1, 0.15) is 31.1 Å². The Morgan fingerprint density at radius 1 is 1.25 bits per heavy atom. The van der Waals surface area contributed by atoms with Gasteiger partial charge in [0.05, 0.1) is 12.2 Å². The SMILES string of the molecule is CC(=O)c1ccc(NC(=S)N2C[C@H](C)O[C@@H](C)C2)cc1. The zero-order chi connectivity index (χ0) is 14.7. The molecule has 4 nitrogen and oxygen atoms in total. The summed E-state index contributed by atoms with van der Waals surface area (Å²) in [6.07, 6.45) is 0.358. The summed E-state index contributed by atoms with van der Waals surface area (Å²) in [7, 11) is 0. The van der Waals surface area contributed by atoms with Gasteiger partial charge in [0.2, 0.25) is 0 Å². The average molecular weight is 292 g/mol. The first kappa shape index (κ1) is 14.9. The number of Topliss-reactive ketones (excluding diaryl/α,β-unsaturated/α-hetero) is 1. The van der Waals surface area contributed by atoms with Crippen LogP contribution >= 0.6 is 12.2 Å². The maximum absolute atomic E-state index is 11.2. The van der Waals surface area contributed by atoms with E-state index < -0.39 is 0 Å². The second-order valence-corrected chi connectivity index (χ2v) is 5.61. The first-order chi connectivity index (χ1) is 9.45. The van der Waals surface area contributed by atoms with Crippen LogP contribution in [0.2, 0.25) is 0 Å². The van der Waals surface area contributed by atoms with Gasteiger partial charge in [0.15, 0.2) is 10.9 Å². The molecular weight excluding hydrogens is 272 g/mol. The van der Waals surface area contributed by atoms with E-state index in [0.717, 1.165) is 18.8 Å². The van der Waals surface area contributed by atoms with Gasteiger partial charge in [0.1, 0.15) is 0 Å². The van der Waals surface area contributed by atoms with E-state index in [1.54, 1.807) is 19.1 Å². The van der Waals surface area contributed by atoms with E-state index in [1.807, 2.05) is 26.0 Å². The number of anilines is 1. The molecule has 0 saturated carbocycles. The number of hydrogen-bond donors (Lipinski definition) is 1. The monoisotopic (exact) mass is 292 g/mol. The number of ketones is 1. The van der Waals surface area contributed by atoms with Crippen molar-refractivity contribution in [3.63, 3.8) is 0 Å². The van der Waals surface area contributed by atoms with Crippen LogP contribution in [-0.2, 0) is 4.74 Å². The number of carbonyl (C=O) groups excluding carboxylic acids is 1. The number of nitrogens with one attached hydrogen (secondary N) is 1. The molecule has 1 saturated heterocycles. The quantitative estimate of drug-likeness (QED) is 0.670. The summed E-state index contributed by atoms with van der Waals surface area (Å²) >= 11 is 5.44. The van der Waals surface area contributed by atoms with Crippen LogP contribution in [0.3, 0.4) is 0 Å². The lowest BCUT2D eigenvalue weighted by Gasteiger charge is -2.36. The van der Waals surface area contributed by atoms with Crippen LogP contribution in [0.5, 0.6) is 0 Å². The lowest BCUT2D eigenvalue weighted by Crippen LogP contribution is -2.49. The predicted molar refractivity (Wildman–Crippen MR) is 84.2 cm³/mol. The molecule has 1 aromatic carbocycles. The van der Waals surface area contributed by atoms with Crippen LogP contribution in [0.15, 0.2) is 24.3 Å². The molecule has 0 radical (unpaired) electrons. The lowest BCUT2D eigenvalue weighted by atomic mass is 10.1. The number of ether oxygens (including phenoxy) is 1. The second kappa shape index (κ2) is 6.33.